The first-order valence-corrected chi connectivity index (χ1v) is 50.2. The first kappa shape index (κ1) is 105. The summed E-state index contributed by atoms with van der Waals surface area (Å²) >= 11 is 0. The monoisotopic (exact) mass is 2040 g/mol. The number of ether oxygens (including phenoxy) is 7. The first-order valence-electron chi connectivity index (χ1n) is 47.1. The van der Waals surface area contributed by atoms with Gasteiger partial charge in [0.15, 0.2) is 34.5 Å². The molecule has 1 fully saturated rings. The highest BCUT2D eigenvalue weighted by Gasteiger charge is 2.35. The van der Waals surface area contributed by atoms with Gasteiger partial charge >= 0.3 is 6.18 Å². The molecule has 40 heteroatoms. The molecule has 0 bridgehead atoms. The number of primary sulfonamides is 2. The van der Waals surface area contributed by atoms with Crippen molar-refractivity contribution in [3.63, 3.8) is 0 Å². The predicted octanol–water partition coefficient (Wildman–Crippen LogP) is 23.1. The number of halogens is 3. The van der Waals surface area contributed by atoms with Crippen molar-refractivity contribution in [2.45, 2.75) is 109 Å². The van der Waals surface area contributed by atoms with E-state index in [1.807, 2.05) is 195 Å². The van der Waals surface area contributed by atoms with Crippen LogP contribution in [0.25, 0.3) is 148 Å². The van der Waals surface area contributed by atoms with E-state index in [9.17, 15) is 30.0 Å². The largest absolute Gasteiger partial charge is 0.494 e. The summed E-state index contributed by atoms with van der Waals surface area (Å²) in [7, 11) is -7.57. The number of hydrogen-bond donors (Lipinski definition) is 2. The zero-order chi connectivity index (χ0) is 104. The summed E-state index contributed by atoms with van der Waals surface area (Å²) in [6.07, 6.45) is 13.7. The first-order chi connectivity index (χ1) is 71.8. The Labute approximate surface area is 849 Å². The van der Waals surface area contributed by atoms with Gasteiger partial charge in [0, 0.05) is 105 Å². The number of aryl methyl sites for hydroxylation is 1. The average molecular weight is 2040 g/mol. The molecule has 0 spiro atoms. The van der Waals surface area contributed by atoms with E-state index in [0.717, 1.165) is 61.9 Å². The van der Waals surface area contributed by atoms with Gasteiger partial charge in [-0.25, -0.2) is 27.1 Å². The highest BCUT2D eigenvalue weighted by atomic mass is 32.2. The zero-order valence-corrected chi connectivity index (χ0v) is 83.1. The second-order valence-corrected chi connectivity index (χ2v) is 35.3. The van der Waals surface area contributed by atoms with Gasteiger partial charge in [0.05, 0.1) is 61.6 Å². The van der Waals surface area contributed by atoms with Crippen LogP contribution in [0.3, 0.4) is 0 Å². The Morgan fingerprint density at radius 3 is 1.12 bits per heavy atom. The Morgan fingerprint density at radius 1 is 0.324 bits per heavy atom. The van der Waals surface area contributed by atoms with E-state index in [-0.39, 0.29) is 32.6 Å². The number of benzene rings is 9. The molecule has 148 heavy (non-hydrogen) atoms. The summed E-state index contributed by atoms with van der Waals surface area (Å²) in [4.78, 5) is 38.0. The molecule has 1 saturated carbocycles. The van der Waals surface area contributed by atoms with Crippen LogP contribution in [0.4, 0.5) is 13.2 Å². The lowest BCUT2D eigenvalue weighted by Gasteiger charge is -2.21. The molecule has 35 nitrogen and oxygen atoms in total. The number of pyridine rings is 4. The van der Waals surface area contributed by atoms with Crippen molar-refractivity contribution in [3.05, 3.63) is 309 Å². The average Bonchev–Trinajstić information content (AvgIpc) is 1.35. The molecule has 758 valence electrons. The third-order valence-corrected chi connectivity index (χ3v) is 24.0. The number of alkyl halides is 3. The number of sulfonamides is 2. The van der Waals surface area contributed by atoms with Gasteiger partial charge in [0.1, 0.15) is 11.4 Å². The van der Waals surface area contributed by atoms with E-state index < -0.39 is 31.8 Å². The van der Waals surface area contributed by atoms with E-state index in [1.54, 1.807) is 85.8 Å². The minimum absolute atomic E-state index is 0.0372. The Hall–Kier alpha value is -17.4. The fraction of sp³-hybridized carbons (Fsp3) is 0.204. The van der Waals surface area contributed by atoms with Gasteiger partial charge in [-0.3, -0.25) is 19.9 Å². The molecule has 0 unspecified atom stereocenters. The van der Waals surface area contributed by atoms with Gasteiger partial charge in [-0.1, -0.05) is 106 Å². The highest BCUT2D eigenvalue weighted by molar-refractivity contribution is 7.89. The lowest BCUT2D eigenvalue weighted by Crippen LogP contribution is -2.11. The van der Waals surface area contributed by atoms with Crippen LogP contribution in [0, 0.1) is 6.92 Å². The molecule has 20 rings (SSSR count). The van der Waals surface area contributed by atoms with E-state index >= 15 is 0 Å². The topological polar surface area (TPSA) is 470 Å². The normalized spacial score (nSPS) is 11.8. The fourth-order valence-corrected chi connectivity index (χ4v) is 16.0. The van der Waals surface area contributed by atoms with Crippen molar-refractivity contribution in [1.29, 1.82) is 0 Å². The standard InChI is InChI=1S/C21H14F3N3O3S.C20H21N3O3S.3C17H17N3O3.C16H15N3O2/c22-21(23,24)18-12-15(8-11-17(18)13-4-2-1-3-5-13)20-26-19(27-30-20)14-6-9-16(10-7-14)31(25,28)29;21-27(24,25)18-12-10-16(11-13-18)19-22-20(26-23-19)17-8-6-15(7-9-17)14-4-2-1-3-5-14;1-3-21-14-6-5-13(11-15(14)22-4-2)17-19-16(20-23-17)12-7-9-18-10-8-12;1-3-21-14-8-7-12(10-15(14)22-4-2)17-19-16(20-23-17)13-6-5-9-18-11-13;1-3-21-14-9-8-12(11-15(14)22-4-2)17-19-16(20-23-17)13-7-5-6-10-18-13;1-3-20-14-10-13(5-4-11(14)2)16-19-18-15(21-16)12-6-8-17-9-7-12/h1-12H,(H2,25,28,29);6-14H,1-5H2,(H2,21,24,25);3*5-11H,3-4H2,1-2H3;4-10H,3H2,1-2H3. The van der Waals surface area contributed by atoms with Gasteiger partial charge in [-0.15, -0.1) is 10.2 Å². The van der Waals surface area contributed by atoms with E-state index in [1.165, 1.54) is 86.2 Å². The Morgan fingerprint density at radius 2 is 0.682 bits per heavy atom. The highest BCUT2D eigenvalue weighted by Crippen LogP contribution is 2.43. The maximum Gasteiger partial charge on any atom is 0.417 e. The van der Waals surface area contributed by atoms with E-state index in [0.29, 0.717) is 168 Å². The number of hydrogen-bond acceptors (Lipinski definition) is 33. The maximum absolute atomic E-state index is 13.7. The van der Waals surface area contributed by atoms with Crippen LogP contribution in [0.5, 0.6) is 40.2 Å². The van der Waals surface area contributed by atoms with Crippen LogP contribution >= 0.6 is 0 Å². The molecule has 4 N–H and O–H groups in total. The second-order valence-electron chi connectivity index (χ2n) is 32.2. The van der Waals surface area contributed by atoms with Crippen molar-refractivity contribution in [1.82, 2.24) is 80.8 Å². The molecular weight excluding hydrogens is 1940 g/mol. The van der Waals surface area contributed by atoms with Gasteiger partial charge in [0.25, 0.3) is 29.5 Å². The SMILES string of the molecule is CCOc1cc(-c2nnc(-c3ccncc3)o2)ccc1C.CCOc1ccc(-c2nc(-c3ccccn3)no2)cc1OCC.CCOc1ccc(-c2nc(-c3cccnc3)no2)cc1OCC.CCOc1ccc(-c2nc(-c3ccncc3)no2)cc1OCC.NS(=O)(=O)c1ccc(-c2noc(-c3ccc(-c4ccccc4)c(C(F)(F)F)c3)n2)cc1.NS(=O)(=O)c1ccc(-c2noc(-c3ccc(C4CCCCC4)cc3)n2)cc1. The van der Waals surface area contributed by atoms with Crippen LogP contribution in [0.2, 0.25) is 0 Å². The van der Waals surface area contributed by atoms with Crippen molar-refractivity contribution in [2.75, 3.05) is 46.2 Å². The molecule has 0 saturated heterocycles. The third-order valence-electron chi connectivity index (χ3n) is 22.1. The zero-order valence-electron chi connectivity index (χ0n) is 81.5. The molecule has 0 radical (unpaired) electrons. The number of aromatic nitrogens is 16. The molecule has 0 atom stereocenters. The van der Waals surface area contributed by atoms with Gasteiger partial charge in [0.2, 0.25) is 61.0 Å². The Kier molecular flexibility index (Phi) is 35.6. The predicted molar refractivity (Wildman–Crippen MR) is 544 cm³/mol. The number of rotatable bonds is 30. The van der Waals surface area contributed by atoms with E-state index in [4.69, 9.17) is 70.5 Å². The Bertz CT molecular complexity index is 7430. The molecule has 19 aromatic rings. The number of nitrogens with zero attached hydrogens (tertiary/aromatic N) is 16. The summed E-state index contributed by atoms with van der Waals surface area (Å²) in [5.41, 5.74) is 10.5. The minimum Gasteiger partial charge on any atom is -0.494 e. The summed E-state index contributed by atoms with van der Waals surface area (Å²) in [6, 6.07) is 70.9. The summed E-state index contributed by atoms with van der Waals surface area (Å²) in [6.45, 7) is 19.5. The molecule has 10 aromatic heterocycles. The van der Waals surface area contributed by atoms with Crippen LogP contribution in [0.15, 0.2) is 329 Å². The van der Waals surface area contributed by atoms with Gasteiger partial charge in [-0.05, 0) is 284 Å². The van der Waals surface area contributed by atoms with Gasteiger partial charge < -0.3 is 60.2 Å². The molecule has 1 aliphatic rings. The van der Waals surface area contributed by atoms with Gasteiger partial charge in [-0.2, -0.15) is 38.1 Å². The van der Waals surface area contributed by atoms with Crippen LogP contribution in [-0.4, -0.2) is 144 Å². The van der Waals surface area contributed by atoms with Crippen LogP contribution in [-0.2, 0) is 26.2 Å². The fourth-order valence-electron chi connectivity index (χ4n) is 15.0. The van der Waals surface area contributed by atoms with Crippen LogP contribution in [0.1, 0.15) is 103 Å². The lowest BCUT2D eigenvalue weighted by molar-refractivity contribution is -0.137. The molecule has 0 amide bonds. The molecule has 1 aliphatic carbocycles. The van der Waals surface area contributed by atoms with Crippen molar-refractivity contribution in [2.24, 2.45) is 10.3 Å². The maximum atomic E-state index is 13.7. The molecule has 0 aliphatic heterocycles. The third kappa shape index (κ3) is 27.8. The minimum atomic E-state index is -4.59. The van der Waals surface area contributed by atoms with Crippen molar-refractivity contribution < 1.29 is 90.2 Å². The Balaban J connectivity index is 0.000000134. The molecule has 9 aromatic carbocycles. The second kappa shape index (κ2) is 50.2. The summed E-state index contributed by atoms with van der Waals surface area (Å²) in [5.74, 6) is 10.1. The van der Waals surface area contributed by atoms with E-state index in [2.05, 4.69) is 93.0 Å². The molecule has 10 heterocycles. The summed E-state index contributed by atoms with van der Waals surface area (Å²) in [5, 5.41) is 38.1. The van der Waals surface area contributed by atoms with Crippen molar-refractivity contribution in [3.8, 4) is 189 Å². The molecular formula is C108H101F3N18O17S2. The quantitative estimate of drug-likeness (QED) is 0.0422. The number of nitrogens with two attached hydrogens (primary N) is 2. The smallest absolute Gasteiger partial charge is 0.417 e. The lowest BCUT2D eigenvalue weighted by atomic mass is 9.84. The summed E-state index contributed by atoms with van der Waals surface area (Å²) < 4.78 is 158. The van der Waals surface area contributed by atoms with Crippen LogP contribution < -0.4 is 43.4 Å². The van der Waals surface area contributed by atoms with Crippen molar-refractivity contribution >= 4 is 20.0 Å².